The molecule has 1 aliphatic rings. The number of rotatable bonds is 3. The number of nitrogens with zero attached hydrogens (tertiary/aromatic N) is 2. The van der Waals surface area contributed by atoms with E-state index in [2.05, 4.69) is 55.7 Å². The van der Waals surface area contributed by atoms with E-state index < -0.39 is 0 Å². The summed E-state index contributed by atoms with van der Waals surface area (Å²) >= 11 is 0. The van der Waals surface area contributed by atoms with E-state index in [1.165, 1.54) is 16.8 Å². The van der Waals surface area contributed by atoms with Crippen LogP contribution in [0.5, 0.6) is 0 Å². The number of anilines is 1. The van der Waals surface area contributed by atoms with Crippen LogP contribution in [-0.4, -0.2) is 43.2 Å². The Labute approximate surface area is 117 Å². The molecule has 0 amide bonds. The lowest BCUT2D eigenvalue weighted by atomic mass is 10.0. The van der Waals surface area contributed by atoms with E-state index in [9.17, 15) is 0 Å². The van der Waals surface area contributed by atoms with Crippen molar-refractivity contribution >= 4 is 5.69 Å². The largest absolute Gasteiger partial charge is 0.369 e. The Morgan fingerprint density at radius 1 is 1.11 bits per heavy atom. The third-order valence-corrected chi connectivity index (χ3v) is 4.55. The van der Waals surface area contributed by atoms with Crippen LogP contribution in [0, 0.1) is 13.8 Å². The highest BCUT2D eigenvalue weighted by Crippen LogP contribution is 2.25. The molecule has 1 saturated heterocycles. The lowest BCUT2D eigenvalue weighted by Gasteiger charge is -2.44. The van der Waals surface area contributed by atoms with Gasteiger partial charge in [0.1, 0.15) is 0 Å². The smallest absolute Gasteiger partial charge is 0.0399 e. The number of benzene rings is 1. The predicted molar refractivity (Wildman–Crippen MR) is 82.8 cm³/mol. The summed E-state index contributed by atoms with van der Waals surface area (Å²) in [6.07, 6.45) is 0. The fraction of sp³-hybridized carbons (Fsp3) is 0.625. The Morgan fingerprint density at radius 3 is 2.32 bits per heavy atom. The molecule has 0 unspecified atom stereocenters. The third kappa shape index (κ3) is 2.93. The highest BCUT2D eigenvalue weighted by atomic mass is 15.3. The van der Waals surface area contributed by atoms with Crippen molar-refractivity contribution in [3.05, 3.63) is 29.3 Å². The van der Waals surface area contributed by atoms with Crippen molar-refractivity contribution in [3.63, 3.8) is 0 Å². The van der Waals surface area contributed by atoms with Crippen molar-refractivity contribution in [3.8, 4) is 0 Å². The zero-order chi connectivity index (χ0) is 14.0. The molecule has 0 bridgehead atoms. The second-order valence-corrected chi connectivity index (χ2v) is 6.21. The average Bonchev–Trinajstić information content (AvgIpc) is 2.42. The molecule has 2 rings (SSSR count). The van der Waals surface area contributed by atoms with Gasteiger partial charge in [0.2, 0.25) is 0 Å². The number of aryl methyl sites for hydroxylation is 1. The summed E-state index contributed by atoms with van der Waals surface area (Å²) in [5.74, 6) is 0. The van der Waals surface area contributed by atoms with Gasteiger partial charge < -0.3 is 10.6 Å². The summed E-state index contributed by atoms with van der Waals surface area (Å²) < 4.78 is 0. The fourth-order valence-electron chi connectivity index (χ4n) is 2.76. The third-order valence-electron chi connectivity index (χ3n) is 4.55. The predicted octanol–water partition coefficient (Wildman–Crippen LogP) is 2.16. The van der Waals surface area contributed by atoms with Gasteiger partial charge in [-0.3, -0.25) is 4.90 Å². The van der Waals surface area contributed by atoms with E-state index in [1.807, 2.05) is 0 Å². The van der Waals surface area contributed by atoms with E-state index in [-0.39, 0.29) is 5.54 Å². The molecule has 0 aromatic heterocycles. The summed E-state index contributed by atoms with van der Waals surface area (Å²) in [5, 5.41) is 0. The molecule has 3 nitrogen and oxygen atoms in total. The van der Waals surface area contributed by atoms with Gasteiger partial charge >= 0.3 is 0 Å². The summed E-state index contributed by atoms with van der Waals surface area (Å²) in [5.41, 5.74) is 10.2. The fourth-order valence-corrected chi connectivity index (χ4v) is 2.76. The van der Waals surface area contributed by atoms with Gasteiger partial charge in [-0.25, -0.2) is 0 Å². The van der Waals surface area contributed by atoms with E-state index in [0.29, 0.717) is 0 Å². The first kappa shape index (κ1) is 14.4. The summed E-state index contributed by atoms with van der Waals surface area (Å²) in [6, 6.07) is 6.59. The van der Waals surface area contributed by atoms with Gasteiger partial charge in [-0.05, 0) is 44.9 Å². The number of nitrogens with two attached hydrogens (primary N) is 1. The van der Waals surface area contributed by atoms with Crippen LogP contribution in [-0.2, 0) is 0 Å². The molecule has 2 N–H and O–H groups in total. The van der Waals surface area contributed by atoms with Gasteiger partial charge in [-0.1, -0.05) is 12.1 Å². The molecular formula is C16H27N3. The van der Waals surface area contributed by atoms with Crippen molar-refractivity contribution in [2.45, 2.75) is 33.2 Å². The highest BCUT2D eigenvalue weighted by molar-refractivity contribution is 5.56. The molecule has 1 aliphatic heterocycles. The maximum atomic E-state index is 5.87. The van der Waals surface area contributed by atoms with E-state index in [1.54, 1.807) is 0 Å². The molecule has 1 aromatic rings. The quantitative estimate of drug-likeness (QED) is 0.905. The monoisotopic (exact) mass is 261 g/mol. The van der Waals surface area contributed by atoms with E-state index in [0.717, 1.165) is 32.7 Å². The molecular weight excluding hydrogens is 234 g/mol. The minimum Gasteiger partial charge on any atom is -0.369 e. The molecule has 0 atom stereocenters. The molecule has 3 heteroatoms. The first-order chi connectivity index (χ1) is 8.95. The first-order valence-corrected chi connectivity index (χ1v) is 7.22. The van der Waals surface area contributed by atoms with Gasteiger partial charge in [0.05, 0.1) is 0 Å². The van der Waals surface area contributed by atoms with Gasteiger partial charge in [-0.2, -0.15) is 0 Å². The Hall–Kier alpha value is -1.06. The molecule has 19 heavy (non-hydrogen) atoms. The maximum absolute atomic E-state index is 5.87. The summed E-state index contributed by atoms with van der Waals surface area (Å²) in [6.45, 7) is 14.0. The molecule has 1 heterocycles. The standard InChI is InChI=1S/C16H27N3/c1-13-6-5-7-15(14(13)2)18-8-10-19(11-9-18)16(3,4)12-17/h5-7H,8-12,17H2,1-4H3. The van der Waals surface area contributed by atoms with Crippen LogP contribution in [0.1, 0.15) is 25.0 Å². The number of piperazine rings is 1. The SMILES string of the molecule is Cc1cccc(N2CCN(C(C)(C)CN)CC2)c1C. The molecule has 1 aromatic carbocycles. The van der Waals surface area contributed by atoms with Crippen LogP contribution in [0.25, 0.3) is 0 Å². The Balaban J connectivity index is 2.06. The van der Waals surface area contributed by atoms with Crippen molar-refractivity contribution in [1.82, 2.24) is 4.90 Å². The van der Waals surface area contributed by atoms with Crippen LogP contribution in [0.4, 0.5) is 5.69 Å². The zero-order valence-electron chi connectivity index (χ0n) is 12.7. The molecule has 0 saturated carbocycles. The maximum Gasteiger partial charge on any atom is 0.0399 e. The summed E-state index contributed by atoms with van der Waals surface area (Å²) in [4.78, 5) is 5.01. The lowest BCUT2D eigenvalue weighted by Crippen LogP contribution is -2.57. The Kier molecular flexibility index (Phi) is 4.16. The molecule has 106 valence electrons. The molecule has 1 fully saturated rings. The second-order valence-electron chi connectivity index (χ2n) is 6.21. The van der Waals surface area contributed by atoms with Crippen LogP contribution in [0.2, 0.25) is 0 Å². The van der Waals surface area contributed by atoms with Gasteiger partial charge in [0.25, 0.3) is 0 Å². The van der Waals surface area contributed by atoms with Crippen molar-refractivity contribution in [2.24, 2.45) is 5.73 Å². The van der Waals surface area contributed by atoms with Crippen LogP contribution < -0.4 is 10.6 Å². The zero-order valence-corrected chi connectivity index (χ0v) is 12.7. The van der Waals surface area contributed by atoms with Crippen molar-refractivity contribution in [2.75, 3.05) is 37.6 Å². The van der Waals surface area contributed by atoms with Crippen LogP contribution >= 0.6 is 0 Å². The molecule has 0 radical (unpaired) electrons. The lowest BCUT2D eigenvalue weighted by molar-refractivity contribution is 0.119. The van der Waals surface area contributed by atoms with Crippen LogP contribution in [0.15, 0.2) is 18.2 Å². The Bertz CT molecular complexity index is 432. The van der Waals surface area contributed by atoms with Crippen LogP contribution in [0.3, 0.4) is 0 Å². The van der Waals surface area contributed by atoms with Crippen molar-refractivity contribution in [1.29, 1.82) is 0 Å². The Morgan fingerprint density at radius 2 is 1.74 bits per heavy atom. The van der Waals surface area contributed by atoms with E-state index >= 15 is 0 Å². The minimum absolute atomic E-state index is 0.119. The molecule has 0 spiro atoms. The second kappa shape index (κ2) is 5.51. The van der Waals surface area contributed by atoms with Gasteiger partial charge in [-0.15, -0.1) is 0 Å². The van der Waals surface area contributed by atoms with Crippen molar-refractivity contribution < 1.29 is 0 Å². The first-order valence-electron chi connectivity index (χ1n) is 7.22. The number of hydrogen-bond donors (Lipinski definition) is 1. The normalized spacial score (nSPS) is 17.8. The average molecular weight is 261 g/mol. The van der Waals surface area contributed by atoms with E-state index in [4.69, 9.17) is 5.73 Å². The minimum atomic E-state index is 0.119. The summed E-state index contributed by atoms with van der Waals surface area (Å²) in [7, 11) is 0. The number of hydrogen-bond acceptors (Lipinski definition) is 3. The molecule has 0 aliphatic carbocycles. The highest BCUT2D eigenvalue weighted by Gasteiger charge is 2.28. The topological polar surface area (TPSA) is 32.5 Å². The van der Waals surface area contributed by atoms with Gasteiger partial charge in [0.15, 0.2) is 0 Å². The van der Waals surface area contributed by atoms with Gasteiger partial charge in [0, 0.05) is 44.0 Å².